The van der Waals surface area contributed by atoms with Gasteiger partial charge in [0.1, 0.15) is 12.2 Å². The van der Waals surface area contributed by atoms with Crippen LogP contribution in [0.1, 0.15) is 406 Å². The smallest absolute Gasteiger partial charge is 0.249 e. The first-order valence-electron chi connectivity index (χ1n) is 34.9. The van der Waals surface area contributed by atoms with E-state index in [-0.39, 0.29) is 0 Å². The summed E-state index contributed by atoms with van der Waals surface area (Å²) in [5.41, 5.74) is 0. The molecule has 0 saturated heterocycles. The van der Waals surface area contributed by atoms with E-state index >= 15 is 0 Å². The summed E-state index contributed by atoms with van der Waals surface area (Å²) in [6.45, 7) is 4.12. The Morgan fingerprint density at radius 2 is 0.453 bits per heavy atom. The van der Waals surface area contributed by atoms with Crippen molar-refractivity contribution in [2.24, 2.45) is 0 Å². The van der Waals surface area contributed by atoms with Crippen molar-refractivity contribution >= 4 is 5.91 Å². The van der Waals surface area contributed by atoms with Gasteiger partial charge in [-0.05, 0) is 12.8 Å². The molecule has 0 aromatic carbocycles. The van der Waals surface area contributed by atoms with E-state index in [4.69, 9.17) is 0 Å². The van der Waals surface area contributed by atoms with Gasteiger partial charge in [0.05, 0.1) is 18.8 Å². The monoisotopic (exact) mass is 1060 g/mol. The molecule has 0 spiro atoms. The number of unbranched alkanes of at least 4 members (excludes halogenated alkanes) is 57. The molecule has 6 nitrogen and oxygen atoms in total. The minimum absolute atomic E-state index is 0.377. The fraction of sp³-hybridized carbons (Fsp3) is 0.986. The topological polar surface area (TPSA) is 110 Å². The largest absolute Gasteiger partial charge is 0.394 e. The molecule has 450 valence electrons. The summed E-state index contributed by atoms with van der Waals surface area (Å²) < 4.78 is 0. The molecule has 75 heavy (non-hydrogen) atoms. The van der Waals surface area contributed by atoms with Crippen LogP contribution in [-0.2, 0) is 4.79 Å². The normalized spacial score (nSPS) is 13.4. The second-order valence-electron chi connectivity index (χ2n) is 24.6. The van der Waals surface area contributed by atoms with E-state index in [2.05, 4.69) is 19.2 Å². The maximum absolute atomic E-state index is 12.7. The number of aliphatic hydroxyl groups is 4. The first-order valence-corrected chi connectivity index (χ1v) is 34.9. The molecule has 0 aliphatic rings. The van der Waals surface area contributed by atoms with E-state index in [9.17, 15) is 25.2 Å². The van der Waals surface area contributed by atoms with Gasteiger partial charge in [-0.3, -0.25) is 4.79 Å². The molecule has 6 heteroatoms. The van der Waals surface area contributed by atoms with Gasteiger partial charge in [0, 0.05) is 0 Å². The van der Waals surface area contributed by atoms with Crippen LogP contribution in [0.2, 0.25) is 0 Å². The molecule has 4 unspecified atom stereocenters. The third-order valence-electron chi connectivity index (χ3n) is 17.1. The molecule has 0 heterocycles. The van der Waals surface area contributed by atoms with Crippen molar-refractivity contribution in [3.05, 3.63) is 0 Å². The highest BCUT2D eigenvalue weighted by Crippen LogP contribution is 2.20. The molecule has 0 aliphatic heterocycles. The summed E-state index contributed by atoms with van der Waals surface area (Å²) in [5.74, 6) is -0.573. The molecular formula is C69H139NO5. The molecule has 4 atom stereocenters. The number of carbonyl (C=O) groups excluding carboxylic acids is 1. The summed E-state index contributed by atoms with van der Waals surface area (Å²) in [7, 11) is 0. The van der Waals surface area contributed by atoms with Crippen LogP contribution < -0.4 is 5.32 Å². The van der Waals surface area contributed by atoms with Crippen LogP contribution in [0, 0.1) is 0 Å². The first kappa shape index (κ1) is 74.3. The van der Waals surface area contributed by atoms with Gasteiger partial charge in [-0.15, -0.1) is 0 Å². The number of carbonyl (C=O) groups is 1. The van der Waals surface area contributed by atoms with E-state index in [0.717, 1.165) is 38.5 Å². The molecule has 0 rings (SSSR count). The first-order chi connectivity index (χ1) is 37.0. The summed E-state index contributed by atoms with van der Waals surface area (Å²) in [5, 5.41) is 44.3. The van der Waals surface area contributed by atoms with Gasteiger partial charge in [-0.1, -0.05) is 393 Å². The summed E-state index contributed by atoms with van der Waals surface area (Å²) >= 11 is 0. The Balaban J connectivity index is 3.51. The molecule has 5 N–H and O–H groups in total. The second-order valence-corrected chi connectivity index (χ2v) is 24.6. The number of hydrogen-bond donors (Lipinski definition) is 5. The van der Waals surface area contributed by atoms with Crippen LogP contribution in [0.25, 0.3) is 0 Å². The van der Waals surface area contributed by atoms with Crippen LogP contribution in [0.15, 0.2) is 0 Å². The lowest BCUT2D eigenvalue weighted by Gasteiger charge is -2.27. The van der Waals surface area contributed by atoms with Gasteiger partial charge in [-0.25, -0.2) is 0 Å². The lowest BCUT2D eigenvalue weighted by molar-refractivity contribution is -0.132. The minimum atomic E-state index is -1.26. The highest BCUT2D eigenvalue weighted by molar-refractivity contribution is 5.80. The minimum Gasteiger partial charge on any atom is -0.394 e. The van der Waals surface area contributed by atoms with Crippen molar-refractivity contribution in [2.75, 3.05) is 6.61 Å². The molecule has 1 amide bonds. The number of amides is 1. The SMILES string of the molecule is CCCCCCCCCCCCCCCCCCCCCCCCCCCCCCCCC(O)C(O)C(CO)NC(=O)C(O)CCCCCCCCCCCCCCCCCCCCCCCCCCCCCCC. The molecule has 0 fully saturated rings. The average Bonchev–Trinajstić information content (AvgIpc) is 3.42. The Hall–Kier alpha value is -0.690. The third kappa shape index (κ3) is 57.8. The van der Waals surface area contributed by atoms with Gasteiger partial charge in [0.25, 0.3) is 0 Å². The molecular weight excluding hydrogens is 923 g/mol. The fourth-order valence-electron chi connectivity index (χ4n) is 11.6. The van der Waals surface area contributed by atoms with Gasteiger partial charge in [0.2, 0.25) is 5.91 Å². The van der Waals surface area contributed by atoms with Gasteiger partial charge < -0.3 is 25.7 Å². The summed E-state index contributed by atoms with van der Waals surface area (Å²) in [6.07, 6.45) is 78.0. The lowest BCUT2D eigenvalue weighted by Crippen LogP contribution is -2.53. The zero-order valence-corrected chi connectivity index (χ0v) is 51.3. The number of nitrogens with one attached hydrogen (secondary N) is 1. The maximum Gasteiger partial charge on any atom is 0.249 e. The van der Waals surface area contributed by atoms with E-state index in [0.29, 0.717) is 12.8 Å². The van der Waals surface area contributed by atoms with Gasteiger partial charge in [0.15, 0.2) is 0 Å². The fourth-order valence-corrected chi connectivity index (χ4v) is 11.6. The predicted octanol–water partition coefficient (Wildman–Crippen LogP) is 21.4. The molecule has 0 aliphatic carbocycles. The zero-order valence-electron chi connectivity index (χ0n) is 51.3. The standard InChI is InChI=1S/C69H139NO5/c1-3-5-7-9-11-13-15-17-19-21-23-25-27-29-31-33-35-36-38-40-42-44-46-48-50-52-54-56-58-60-62-66(72)68(74)65(64-71)70-69(75)67(73)63-61-59-57-55-53-51-49-47-45-43-41-39-37-34-32-30-28-26-24-22-20-18-16-14-12-10-8-6-4-2/h65-68,71-74H,3-64H2,1-2H3,(H,70,75). The van der Waals surface area contributed by atoms with Crippen molar-refractivity contribution in [2.45, 2.75) is 430 Å². The van der Waals surface area contributed by atoms with Crippen LogP contribution in [0.4, 0.5) is 0 Å². The lowest BCUT2D eigenvalue weighted by atomic mass is 9.99. The molecule has 0 bridgehead atoms. The molecule has 0 saturated carbocycles. The van der Waals surface area contributed by atoms with Crippen LogP contribution in [-0.4, -0.2) is 57.3 Å². The van der Waals surface area contributed by atoms with Gasteiger partial charge >= 0.3 is 0 Å². The van der Waals surface area contributed by atoms with Gasteiger partial charge in [-0.2, -0.15) is 0 Å². The summed E-state index contributed by atoms with van der Waals surface area (Å²) in [6, 6.07) is -0.982. The van der Waals surface area contributed by atoms with E-state index in [1.165, 1.54) is 340 Å². The highest BCUT2D eigenvalue weighted by Gasteiger charge is 2.28. The Bertz CT molecular complexity index is 1060. The average molecular weight is 1060 g/mol. The third-order valence-corrected chi connectivity index (χ3v) is 17.1. The van der Waals surface area contributed by atoms with E-state index in [1.54, 1.807) is 0 Å². The Labute approximate surface area is 470 Å². The van der Waals surface area contributed by atoms with Crippen LogP contribution in [0.3, 0.4) is 0 Å². The number of hydrogen-bond acceptors (Lipinski definition) is 5. The molecule has 0 radical (unpaired) electrons. The van der Waals surface area contributed by atoms with E-state index < -0.39 is 36.9 Å². The van der Waals surface area contributed by atoms with Crippen molar-refractivity contribution in [1.29, 1.82) is 0 Å². The quantitative estimate of drug-likeness (QED) is 0.0390. The Morgan fingerprint density at radius 3 is 0.640 bits per heavy atom. The van der Waals surface area contributed by atoms with Crippen molar-refractivity contribution in [1.82, 2.24) is 5.32 Å². The van der Waals surface area contributed by atoms with Crippen molar-refractivity contribution < 1.29 is 25.2 Å². The van der Waals surface area contributed by atoms with E-state index in [1.807, 2.05) is 0 Å². The van der Waals surface area contributed by atoms with Crippen molar-refractivity contribution in [3.63, 3.8) is 0 Å². The summed E-state index contributed by atoms with van der Waals surface area (Å²) in [4.78, 5) is 12.7. The molecule has 0 aromatic heterocycles. The van der Waals surface area contributed by atoms with Crippen LogP contribution >= 0.6 is 0 Å². The Kier molecular flexibility index (Phi) is 63.5. The van der Waals surface area contributed by atoms with Crippen molar-refractivity contribution in [3.8, 4) is 0 Å². The second kappa shape index (κ2) is 64.1. The highest BCUT2D eigenvalue weighted by atomic mass is 16.3. The Morgan fingerprint density at radius 1 is 0.280 bits per heavy atom. The maximum atomic E-state index is 12.7. The predicted molar refractivity (Wildman–Crippen MR) is 330 cm³/mol. The number of aliphatic hydroxyl groups excluding tert-OH is 4. The van der Waals surface area contributed by atoms with Crippen LogP contribution in [0.5, 0.6) is 0 Å². The number of rotatable bonds is 66. The zero-order chi connectivity index (χ0) is 54.4. The molecule has 0 aromatic rings.